The van der Waals surface area contributed by atoms with E-state index in [1.165, 1.54) is 6.07 Å². The summed E-state index contributed by atoms with van der Waals surface area (Å²) in [4.78, 5) is 15.8. The lowest BCUT2D eigenvalue weighted by molar-refractivity contribution is -0.148. The Bertz CT molecular complexity index is 969. The Morgan fingerprint density at radius 3 is 2.42 bits per heavy atom. The fraction of sp³-hybridized carbons (Fsp3) is 0.368. The van der Waals surface area contributed by atoms with Crippen LogP contribution < -0.4 is 9.47 Å². The molecule has 31 heavy (non-hydrogen) atoms. The summed E-state index contributed by atoms with van der Waals surface area (Å²) in [5, 5.41) is -0.103. The van der Waals surface area contributed by atoms with Crippen LogP contribution in [-0.2, 0) is 4.74 Å². The maximum absolute atomic E-state index is 14.4. The van der Waals surface area contributed by atoms with Crippen LogP contribution in [0.3, 0.4) is 0 Å². The van der Waals surface area contributed by atoms with Crippen LogP contribution in [0.2, 0.25) is 5.02 Å². The van der Waals surface area contributed by atoms with Crippen LogP contribution in [0, 0.1) is 9.39 Å². The van der Waals surface area contributed by atoms with Gasteiger partial charge < -0.3 is 14.2 Å². The summed E-state index contributed by atoms with van der Waals surface area (Å²) in [6, 6.07) is 3.21. The smallest absolute Gasteiger partial charge is 0.341 e. The summed E-state index contributed by atoms with van der Waals surface area (Å²) in [5.41, 5.74) is -1.22. The first kappa shape index (κ1) is 25.4. The van der Waals surface area contributed by atoms with E-state index in [0.717, 1.165) is 18.3 Å². The van der Waals surface area contributed by atoms with Crippen LogP contribution in [-0.4, -0.2) is 35.5 Å². The minimum atomic E-state index is -4.33. The van der Waals surface area contributed by atoms with E-state index in [-0.39, 0.29) is 31.5 Å². The second-order valence-electron chi connectivity index (χ2n) is 7.17. The third-order valence-electron chi connectivity index (χ3n) is 3.37. The topological polar surface area (TPSA) is 57.7 Å². The Morgan fingerprint density at radius 2 is 1.87 bits per heavy atom. The molecule has 0 amide bonds. The van der Waals surface area contributed by atoms with Gasteiger partial charge in [0.1, 0.15) is 22.9 Å². The number of carbonyl (C=O) groups excluding carboxylic acids is 1. The summed E-state index contributed by atoms with van der Waals surface area (Å²) in [6.45, 7) is 3.31. The molecule has 0 saturated heterocycles. The SMILES string of the molecule is CC(C)(C)OC(=O)c1cc(Cl)c(Oc2cnc(OCC(F)(F)C(F)F)c(I)c2)cc1F. The summed E-state index contributed by atoms with van der Waals surface area (Å²) >= 11 is 7.74. The van der Waals surface area contributed by atoms with E-state index >= 15 is 0 Å². The molecule has 0 aliphatic heterocycles. The van der Waals surface area contributed by atoms with Crippen molar-refractivity contribution in [2.45, 2.75) is 38.7 Å². The van der Waals surface area contributed by atoms with E-state index in [0.29, 0.717) is 0 Å². The number of pyridine rings is 1. The molecular weight excluding hydrogens is 564 g/mol. The van der Waals surface area contributed by atoms with Crippen LogP contribution >= 0.6 is 34.2 Å². The van der Waals surface area contributed by atoms with E-state index < -0.39 is 36.3 Å². The number of benzene rings is 1. The van der Waals surface area contributed by atoms with Gasteiger partial charge in [-0.05, 0) is 49.4 Å². The summed E-state index contributed by atoms with van der Waals surface area (Å²) in [5.74, 6) is -6.61. The summed E-state index contributed by atoms with van der Waals surface area (Å²) in [7, 11) is 0. The highest BCUT2D eigenvalue weighted by atomic mass is 127. The first-order valence-corrected chi connectivity index (χ1v) is 10.00. The van der Waals surface area contributed by atoms with E-state index in [2.05, 4.69) is 9.72 Å². The molecule has 0 saturated carbocycles. The van der Waals surface area contributed by atoms with Gasteiger partial charge in [0, 0.05) is 12.1 Å². The summed E-state index contributed by atoms with van der Waals surface area (Å²) < 4.78 is 80.1. The molecule has 0 aliphatic rings. The van der Waals surface area contributed by atoms with Crippen molar-refractivity contribution in [3.05, 3.63) is 44.4 Å². The van der Waals surface area contributed by atoms with Gasteiger partial charge in [-0.1, -0.05) is 11.6 Å². The molecule has 2 rings (SSSR count). The van der Waals surface area contributed by atoms with Crippen molar-refractivity contribution in [3.8, 4) is 17.4 Å². The molecular formula is C19H16ClF5INO4. The van der Waals surface area contributed by atoms with Crippen molar-refractivity contribution in [3.63, 3.8) is 0 Å². The molecule has 1 heterocycles. The molecule has 1 aromatic heterocycles. The Hall–Kier alpha value is -1.89. The Morgan fingerprint density at radius 1 is 1.23 bits per heavy atom. The van der Waals surface area contributed by atoms with Crippen molar-refractivity contribution in [2.75, 3.05) is 6.61 Å². The number of ether oxygens (including phenoxy) is 3. The highest BCUT2D eigenvalue weighted by molar-refractivity contribution is 14.1. The van der Waals surface area contributed by atoms with Gasteiger partial charge in [-0.3, -0.25) is 0 Å². The predicted octanol–water partition coefficient (Wildman–Crippen LogP) is 6.51. The van der Waals surface area contributed by atoms with Gasteiger partial charge in [0.15, 0.2) is 6.61 Å². The Labute approximate surface area is 193 Å². The first-order valence-electron chi connectivity index (χ1n) is 8.54. The minimum Gasteiger partial charge on any atom is -0.470 e. The van der Waals surface area contributed by atoms with E-state index in [1.807, 2.05) is 0 Å². The molecule has 12 heteroatoms. The molecule has 170 valence electrons. The molecule has 0 atom stereocenters. The second kappa shape index (κ2) is 9.72. The maximum atomic E-state index is 14.4. The second-order valence-corrected chi connectivity index (χ2v) is 8.74. The van der Waals surface area contributed by atoms with Crippen molar-refractivity contribution in [1.29, 1.82) is 0 Å². The van der Waals surface area contributed by atoms with Gasteiger partial charge in [0.05, 0.1) is 20.4 Å². The lowest BCUT2D eigenvalue weighted by Gasteiger charge is -2.20. The molecule has 1 aromatic carbocycles. The number of esters is 1. The van der Waals surface area contributed by atoms with Crippen molar-refractivity contribution >= 4 is 40.2 Å². The average molecular weight is 580 g/mol. The number of carbonyl (C=O) groups is 1. The van der Waals surface area contributed by atoms with Gasteiger partial charge in [0.2, 0.25) is 5.88 Å². The van der Waals surface area contributed by atoms with Gasteiger partial charge in [0.25, 0.3) is 0 Å². The zero-order chi connectivity index (χ0) is 23.6. The van der Waals surface area contributed by atoms with Crippen LogP contribution in [0.5, 0.6) is 17.4 Å². The van der Waals surface area contributed by atoms with Crippen molar-refractivity contribution in [1.82, 2.24) is 4.98 Å². The highest BCUT2D eigenvalue weighted by Crippen LogP contribution is 2.34. The van der Waals surface area contributed by atoms with Crippen LogP contribution in [0.25, 0.3) is 0 Å². The number of hydrogen-bond acceptors (Lipinski definition) is 5. The number of nitrogens with zero attached hydrogens (tertiary/aromatic N) is 1. The summed E-state index contributed by atoms with van der Waals surface area (Å²) in [6.07, 6.45) is -2.83. The largest absolute Gasteiger partial charge is 0.470 e. The Kier molecular flexibility index (Phi) is 7.95. The molecule has 5 nitrogen and oxygen atoms in total. The molecule has 0 spiro atoms. The quantitative estimate of drug-likeness (QED) is 0.213. The Balaban J connectivity index is 2.17. The third kappa shape index (κ3) is 7.06. The third-order valence-corrected chi connectivity index (χ3v) is 4.44. The highest BCUT2D eigenvalue weighted by Gasteiger charge is 2.42. The molecule has 0 unspecified atom stereocenters. The number of alkyl halides is 4. The van der Waals surface area contributed by atoms with E-state index in [9.17, 15) is 26.7 Å². The zero-order valence-corrected chi connectivity index (χ0v) is 19.2. The number of halogens is 7. The molecule has 0 fully saturated rings. The fourth-order valence-electron chi connectivity index (χ4n) is 2.02. The van der Waals surface area contributed by atoms with Gasteiger partial charge in [-0.15, -0.1) is 0 Å². The van der Waals surface area contributed by atoms with E-state index in [4.69, 9.17) is 21.1 Å². The van der Waals surface area contributed by atoms with E-state index in [1.54, 1.807) is 43.4 Å². The fourth-order valence-corrected chi connectivity index (χ4v) is 2.82. The molecule has 2 aromatic rings. The molecule has 0 bridgehead atoms. The normalized spacial score (nSPS) is 12.1. The minimum absolute atomic E-state index is 0.0312. The standard InChI is InChI=1S/C19H16ClF5INO4/c1-18(2,3)31-16(28)10-5-11(20)14(6-12(10)21)30-9-4-13(26)15(27-7-9)29-8-19(24,25)17(22)23/h4-7,17H,8H2,1-3H3. The number of hydrogen-bond donors (Lipinski definition) is 0. The lowest BCUT2D eigenvalue weighted by Crippen LogP contribution is -2.34. The predicted molar refractivity (Wildman–Crippen MR) is 110 cm³/mol. The van der Waals surface area contributed by atoms with Crippen molar-refractivity contribution in [2.24, 2.45) is 0 Å². The maximum Gasteiger partial charge on any atom is 0.341 e. The zero-order valence-electron chi connectivity index (χ0n) is 16.3. The van der Waals surface area contributed by atoms with Gasteiger partial charge >= 0.3 is 18.3 Å². The number of aromatic nitrogens is 1. The monoisotopic (exact) mass is 579 g/mol. The van der Waals surface area contributed by atoms with Gasteiger partial charge in [-0.25, -0.2) is 22.9 Å². The molecule has 0 N–H and O–H groups in total. The molecule has 0 radical (unpaired) electrons. The van der Waals surface area contributed by atoms with Crippen LogP contribution in [0.15, 0.2) is 24.4 Å². The van der Waals surface area contributed by atoms with Crippen molar-refractivity contribution < 1.29 is 41.0 Å². The number of rotatable bonds is 7. The van der Waals surface area contributed by atoms with Crippen LogP contribution in [0.1, 0.15) is 31.1 Å². The average Bonchev–Trinajstić information content (AvgIpc) is 2.62. The molecule has 0 aliphatic carbocycles. The van der Waals surface area contributed by atoms with Crippen LogP contribution in [0.4, 0.5) is 22.0 Å². The lowest BCUT2D eigenvalue weighted by atomic mass is 10.1. The first-order chi connectivity index (χ1) is 14.2. The van der Waals surface area contributed by atoms with Gasteiger partial charge in [-0.2, -0.15) is 8.78 Å².